The lowest BCUT2D eigenvalue weighted by Crippen LogP contribution is -1.92. The van der Waals surface area contributed by atoms with Gasteiger partial charge in [0.05, 0.1) is 7.57 Å². The molecule has 1 unspecified atom stereocenters. The lowest BCUT2D eigenvalue weighted by atomic mass is 10.2. The molecule has 0 aliphatic carbocycles. The topological polar surface area (TPSA) is 20.2 Å². The van der Waals surface area contributed by atoms with E-state index in [1.165, 1.54) is 5.56 Å². The van der Waals surface area contributed by atoms with Gasteiger partial charge < -0.3 is 5.11 Å². The highest BCUT2D eigenvalue weighted by molar-refractivity contribution is 9.11. The summed E-state index contributed by atoms with van der Waals surface area (Å²) < 4.78 is 2.14. The van der Waals surface area contributed by atoms with Gasteiger partial charge in [-0.15, -0.1) is 22.7 Å². The zero-order chi connectivity index (χ0) is 11.0. The van der Waals surface area contributed by atoms with Crippen molar-refractivity contribution in [3.63, 3.8) is 0 Å². The lowest BCUT2D eigenvalue weighted by molar-refractivity contribution is 0.228. The first-order chi connectivity index (χ1) is 7.08. The van der Waals surface area contributed by atoms with Crippen LogP contribution in [0.3, 0.4) is 0 Å². The monoisotopic (exact) mass is 366 g/mol. The van der Waals surface area contributed by atoms with Crippen molar-refractivity contribution in [2.45, 2.75) is 13.0 Å². The molecular formula is C10H8Br2OS2. The summed E-state index contributed by atoms with van der Waals surface area (Å²) in [5.41, 5.74) is 1.17. The van der Waals surface area contributed by atoms with Gasteiger partial charge in [0.2, 0.25) is 0 Å². The number of aliphatic hydroxyl groups excluding tert-OH is 1. The highest BCUT2D eigenvalue weighted by Gasteiger charge is 2.16. The lowest BCUT2D eigenvalue weighted by Gasteiger charge is -2.04. The van der Waals surface area contributed by atoms with Crippen molar-refractivity contribution in [2.24, 2.45) is 0 Å². The molecule has 15 heavy (non-hydrogen) atoms. The average Bonchev–Trinajstić information content (AvgIpc) is 2.74. The molecule has 1 atom stereocenters. The minimum Gasteiger partial charge on any atom is -0.382 e. The zero-order valence-corrected chi connectivity index (χ0v) is 12.6. The highest BCUT2D eigenvalue weighted by Crippen LogP contribution is 2.37. The van der Waals surface area contributed by atoms with Gasteiger partial charge in [-0.05, 0) is 62.5 Å². The van der Waals surface area contributed by atoms with E-state index in [1.807, 2.05) is 25.1 Å². The number of thiophene rings is 2. The predicted molar refractivity (Wildman–Crippen MR) is 72.8 cm³/mol. The van der Waals surface area contributed by atoms with Crippen LogP contribution >= 0.6 is 54.5 Å². The largest absolute Gasteiger partial charge is 0.382 e. The molecule has 0 aromatic carbocycles. The molecule has 2 aromatic rings. The van der Waals surface area contributed by atoms with E-state index in [0.717, 1.165) is 17.3 Å². The minimum atomic E-state index is -0.503. The summed E-state index contributed by atoms with van der Waals surface area (Å²) >= 11 is 10.0. The Labute approximate surface area is 113 Å². The summed E-state index contributed by atoms with van der Waals surface area (Å²) in [5.74, 6) is 0. The Morgan fingerprint density at radius 1 is 1.20 bits per heavy atom. The van der Waals surface area contributed by atoms with Gasteiger partial charge in [0.25, 0.3) is 0 Å². The van der Waals surface area contributed by atoms with Gasteiger partial charge in [-0.2, -0.15) is 0 Å². The molecule has 0 bridgehead atoms. The third-order valence-electron chi connectivity index (χ3n) is 2.01. The van der Waals surface area contributed by atoms with E-state index in [1.54, 1.807) is 22.7 Å². The number of aryl methyl sites for hydroxylation is 1. The van der Waals surface area contributed by atoms with Crippen LogP contribution in [-0.2, 0) is 0 Å². The fraction of sp³-hybridized carbons (Fsp3) is 0.200. The van der Waals surface area contributed by atoms with E-state index in [2.05, 4.69) is 31.9 Å². The fourth-order valence-electron chi connectivity index (χ4n) is 1.23. The molecular weight excluding hydrogens is 360 g/mol. The summed E-state index contributed by atoms with van der Waals surface area (Å²) in [6.45, 7) is 2.03. The second kappa shape index (κ2) is 4.67. The maximum atomic E-state index is 10.1. The van der Waals surface area contributed by atoms with Crippen LogP contribution in [0.15, 0.2) is 25.8 Å². The Balaban J connectivity index is 2.31. The van der Waals surface area contributed by atoms with E-state index < -0.39 is 6.10 Å². The molecule has 0 saturated heterocycles. The van der Waals surface area contributed by atoms with E-state index in [9.17, 15) is 5.11 Å². The molecule has 0 aliphatic heterocycles. The predicted octanol–water partition coefficient (Wildman–Crippen LogP) is 4.72. The van der Waals surface area contributed by atoms with Crippen molar-refractivity contribution in [2.75, 3.05) is 0 Å². The first-order valence-corrected chi connectivity index (χ1v) is 7.49. The van der Waals surface area contributed by atoms with Crippen LogP contribution in [0.2, 0.25) is 0 Å². The SMILES string of the molecule is Cc1cc(C(O)c2ccc(Br)s2)sc1Br. The molecule has 0 radical (unpaired) electrons. The first kappa shape index (κ1) is 11.8. The molecule has 2 aromatic heterocycles. The molecule has 0 amide bonds. The molecule has 0 aliphatic rings. The minimum absolute atomic E-state index is 0.503. The Bertz CT molecular complexity index is 456. The van der Waals surface area contributed by atoms with E-state index in [0.29, 0.717) is 0 Å². The third kappa shape index (κ3) is 2.53. The standard InChI is InChI=1S/C10H8Br2OS2/c1-5-4-7(15-10(5)12)9(13)6-2-3-8(11)14-6/h2-4,9,13H,1H3. The Kier molecular flexibility index (Phi) is 3.67. The van der Waals surface area contributed by atoms with Crippen molar-refractivity contribution in [3.05, 3.63) is 41.1 Å². The van der Waals surface area contributed by atoms with Crippen molar-refractivity contribution >= 4 is 54.5 Å². The summed E-state index contributed by atoms with van der Waals surface area (Å²) in [4.78, 5) is 1.95. The Hall–Kier alpha value is 0.320. The van der Waals surface area contributed by atoms with Crippen molar-refractivity contribution in [1.29, 1.82) is 0 Å². The normalized spacial score (nSPS) is 13.1. The van der Waals surface area contributed by atoms with Crippen LogP contribution < -0.4 is 0 Å². The highest BCUT2D eigenvalue weighted by atomic mass is 79.9. The van der Waals surface area contributed by atoms with E-state index >= 15 is 0 Å². The quantitative estimate of drug-likeness (QED) is 0.813. The first-order valence-electron chi connectivity index (χ1n) is 4.27. The number of rotatable bonds is 2. The maximum absolute atomic E-state index is 10.1. The van der Waals surface area contributed by atoms with Crippen LogP contribution in [0.25, 0.3) is 0 Å². The molecule has 0 spiro atoms. The van der Waals surface area contributed by atoms with Gasteiger partial charge >= 0.3 is 0 Å². The van der Waals surface area contributed by atoms with E-state index in [-0.39, 0.29) is 0 Å². The molecule has 2 heterocycles. The number of hydrogen-bond acceptors (Lipinski definition) is 3. The third-order valence-corrected chi connectivity index (χ3v) is 5.87. The second-order valence-corrected chi connectivity index (χ2v) is 8.05. The van der Waals surface area contributed by atoms with Crippen LogP contribution in [-0.4, -0.2) is 5.11 Å². The van der Waals surface area contributed by atoms with Gasteiger partial charge in [0, 0.05) is 9.75 Å². The van der Waals surface area contributed by atoms with Gasteiger partial charge in [0.1, 0.15) is 6.10 Å². The summed E-state index contributed by atoms with van der Waals surface area (Å²) in [5, 5.41) is 10.1. The number of hydrogen-bond donors (Lipinski definition) is 1. The molecule has 0 saturated carbocycles. The number of halogens is 2. The van der Waals surface area contributed by atoms with Crippen molar-refractivity contribution in [1.82, 2.24) is 0 Å². The zero-order valence-electron chi connectivity index (χ0n) is 7.83. The second-order valence-electron chi connectivity index (χ2n) is 3.15. The Morgan fingerprint density at radius 2 is 1.93 bits per heavy atom. The van der Waals surface area contributed by atoms with Gasteiger partial charge in [0.15, 0.2) is 0 Å². The average molecular weight is 368 g/mol. The van der Waals surface area contributed by atoms with Crippen molar-refractivity contribution in [3.8, 4) is 0 Å². The molecule has 80 valence electrons. The fourth-order valence-corrected chi connectivity index (χ4v) is 4.31. The number of aliphatic hydroxyl groups is 1. The van der Waals surface area contributed by atoms with Crippen molar-refractivity contribution < 1.29 is 5.11 Å². The molecule has 0 fully saturated rings. The summed E-state index contributed by atoms with van der Waals surface area (Å²) in [6.07, 6.45) is -0.503. The molecule has 2 rings (SSSR count). The van der Waals surface area contributed by atoms with Crippen LogP contribution in [0.1, 0.15) is 21.4 Å². The Morgan fingerprint density at radius 3 is 2.40 bits per heavy atom. The van der Waals surface area contributed by atoms with Crippen LogP contribution in [0, 0.1) is 6.92 Å². The van der Waals surface area contributed by atoms with Gasteiger partial charge in [-0.3, -0.25) is 0 Å². The van der Waals surface area contributed by atoms with Gasteiger partial charge in [-0.25, -0.2) is 0 Å². The molecule has 1 N–H and O–H groups in total. The van der Waals surface area contributed by atoms with E-state index in [4.69, 9.17) is 0 Å². The molecule has 5 heteroatoms. The van der Waals surface area contributed by atoms with Crippen LogP contribution in [0.4, 0.5) is 0 Å². The smallest absolute Gasteiger partial charge is 0.122 e. The summed E-state index contributed by atoms with van der Waals surface area (Å²) in [7, 11) is 0. The summed E-state index contributed by atoms with van der Waals surface area (Å²) in [6, 6.07) is 5.92. The maximum Gasteiger partial charge on any atom is 0.122 e. The van der Waals surface area contributed by atoms with Gasteiger partial charge in [-0.1, -0.05) is 0 Å². The van der Waals surface area contributed by atoms with Crippen LogP contribution in [0.5, 0.6) is 0 Å². The molecule has 1 nitrogen and oxygen atoms in total.